The quantitative estimate of drug-likeness (QED) is 0.194. The summed E-state index contributed by atoms with van der Waals surface area (Å²) in [5.74, 6) is 1.90. The lowest BCUT2D eigenvalue weighted by Crippen LogP contribution is -2.27. The van der Waals surface area contributed by atoms with Crippen molar-refractivity contribution in [1.82, 2.24) is 15.0 Å². The topological polar surface area (TPSA) is 51.8 Å². The van der Waals surface area contributed by atoms with Crippen molar-refractivity contribution in [3.05, 3.63) is 151 Å². The summed E-state index contributed by atoms with van der Waals surface area (Å²) in [4.78, 5) is 14.9. The highest BCUT2D eigenvalue weighted by molar-refractivity contribution is 6.05. The first kappa shape index (κ1) is 28.2. The fourth-order valence-electron chi connectivity index (χ4n) is 8.37. The summed E-state index contributed by atoms with van der Waals surface area (Å²) in [5, 5.41) is 2.18. The first-order valence-electron chi connectivity index (χ1n) is 17.3. The molecule has 8 aromatic rings. The van der Waals surface area contributed by atoms with Crippen LogP contribution in [-0.4, -0.2) is 15.0 Å². The molecule has 0 unspecified atom stereocenters. The summed E-state index contributed by atoms with van der Waals surface area (Å²) in [5.41, 5.74) is 12.9. The summed E-state index contributed by atoms with van der Waals surface area (Å²) in [6.45, 7) is 0. The molecule has 1 spiro atoms. The standard InChI is InChI=1S/C45H33N3O/c1-3-11-30(12-4-1)42-46-43(48-44(47-42)33-21-23-36-35-14-6-8-16-40(35)49-41(36)28-33)31-19-17-29(18-20-31)32-22-24-39-37(27-32)34-13-5-7-15-38(34)45(39)25-9-2-10-26-45/h1,3-8,11-24,27-28H,2,9-10,25-26H2. The Hall–Kier alpha value is -5.87. The van der Waals surface area contributed by atoms with Gasteiger partial charge in [-0.15, -0.1) is 0 Å². The molecule has 1 fully saturated rings. The molecule has 2 aromatic heterocycles. The fourth-order valence-corrected chi connectivity index (χ4v) is 8.37. The van der Waals surface area contributed by atoms with E-state index < -0.39 is 0 Å². The van der Waals surface area contributed by atoms with Crippen LogP contribution in [0.3, 0.4) is 0 Å². The van der Waals surface area contributed by atoms with E-state index in [9.17, 15) is 0 Å². The van der Waals surface area contributed by atoms with Crippen LogP contribution in [0.1, 0.15) is 43.2 Å². The van der Waals surface area contributed by atoms with Gasteiger partial charge in [0, 0.05) is 32.9 Å². The molecule has 49 heavy (non-hydrogen) atoms. The van der Waals surface area contributed by atoms with E-state index in [0.717, 1.165) is 38.6 Å². The zero-order chi connectivity index (χ0) is 32.4. The van der Waals surface area contributed by atoms with Crippen molar-refractivity contribution in [3.63, 3.8) is 0 Å². The van der Waals surface area contributed by atoms with Gasteiger partial charge in [0.1, 0.15) is 11.2 Å². The number of nitrogens with zero attached hydrogens (tertiary/aromatic N) is 3. The second-order valence-corrected chi connectivity index (χ2v) is 13.5. The van der Waals surface area contributed by atoms with Crippen LogP contribution in [-0.2, 0) is 5.41 Å². The molecule has 0 N–H and O–H groups in total. The molecule has 234 valence electrons. The zero-order valence-corrected chi connectivity index (χ0v) is 27.1. The maximum absolute atomic E-state index is 6.21. The highest BCUT2D eigenvalue weighted by Crippen LogP contribution is 2.56. The lowest BCUT2D eigenvalue weighted by Gasteiger charge is -2.36. The largest absolute Gasteiger partial charge is 0.456 e. The van der Waals surface area contributed by atoms with E-state index in [4.69, 9.17) is 19.4 Å². The number of hydrogen-bond donors (Lipinski definition) is 0. The number of hydrogen-bond acceptors (Lipinski definition) is 4. The Balaban J connectivity index is 1.04. The lowest BCUT2D eigenvalue weighted by molar-refractivity contribution is 0.353. The maximum atomic E-state index is 6.21. The Kier molecular flexibility index (Phi) is 6.38. The van der Waals surface area contributed by atoms with Crippen LogP contribution in [0.4, 0.5) is 0 Å². The van der Waals surface area contributed by atoms with Crippen LogP contribution in [0.15, 0.2) is 144 Å². The summed E-state index contributed by atoms with van der Waals surface area (Å²) in [6, 6.07) is 49.3. The Labute approximate surface area is 285 Å². The number of furan rings is 1. The summed E-state index contributed by atoms with van der Waals surface area (Å²) < 4.78 is 6.21. The van der Waals surface area contributed by atoms with Crippen molar-refractivity contribution in [3.8, 4) is 56.4 Å². The molecule has 2 aliphatic carbocycles. The Morgan fingerprint density at radius 3 is 1.82 bits per heavy atom. The average Bonchev–Trinajstić information content (AvgIpc) is 3.68. The molecule has 0 saturated heterocycles. The van der Waals surface area contributed by atoms with E-state index in [-0.39, 0.29) is 5.41 Å². The monoisotopic (exact) mass is 631 g/mol. The lowest BCUT2D eigenvalue weighted by atomic mass is 9.68. The second-order valence-electron chi connectivity index (χ2n) is 13.5. The molecule has 0 aliphatic heterocycles. The van der Waals surface area contributed by atoms with Crippen molar-refractivity contribution in [1.29, 1.82) is 0 Å². The predicted octanol–water partition coefficient (Wildman–Crippen LogP) is 11.7. The molecule has 2 aliphatic rings. The molecular weight excluding hydrogens is 599 g/mol. The molecule has 0 amide bonds. The van der Waals surface area contributed by atoms with Crippen molar-refractivity contribution in [2.45, 2.75) is 37.5 Å². The first-order valence-corrected chi connectivity index (χ1v) is 17.3. The normalized spacial score (nSPS) is 14.7. The Morgan fingerprint density at radius 1 is 0.408 bits per heavy atom. The van der Waals surface area contributed by atoms with Gasteiger partial charge in [0.25, 0.3) is 0 Å². The summed E-state index contributed by atoms with van der Waals surface area (Å²) in [6.07, 6.45) is 6.44. The van der Waals surface area contributed by atoms with Gasteiger partial charge in [-0.1, -0.05) is 135 Å². The number of fused-ring (bicyclic) bond motifs is 8. The van der Waals surface area contributed by atoms with Crippen LogP contribution in [0.5, 0.6) is 0 Å². The average molecular weight is 632 g/mol. The van der Waals surface area contributed by atoms with Crippen LogP contribution >= 0.6 is 0 Å². The third kappa shape index (κ3) is 4.55. The van der Waals surface area contributed by atoms with E-state index in [0.29, 0.717) is 17.5 Å². The van der Waals surface area contributed by atoms with Gasteiger partial charge >= 0.3 is 0 Å². The SMILES string of the molecule is c1ccc(-c2nc(-c3ccc(-c4ccc5c(c4)-c4ccccc4C54CCCCC4)cc3)nc(-c3ccc4c(c3)oc3ccccc34)n2)cc1. The molecule has 1 saturated carbocycles. The second kappa shape index (κ2) is 11.1. The molecule has 0 radical (unpaired) electrons. The van der Waals surface area contributed by atoms with Crippen molar-refractivity contribution in [2.75, 3.05) is 0 Å². The molecule has 0 atom stereocenters. The Morgan fingerprint density at radius 2 is 1.00 bits per heavy atom. The molecule has 6 aromatic carbocycles. The van der Waals surface area contributed by atoms with Crippen LogP contribution in [0, 0.1) is 0 Å². The number of aromatic nitrogens is 3. The Bertz CT molecular complexity index is 2520. The van der Waals surface area contributed by atoms with Crippen LogP contribution < -0.4 is 0 Å². The summed E-state index contributed by atoms with van der Waals surface area (Å²) in [7, 11) is 0. The predicted molar refractivity (Wildman–Crippen MR) is 198 cm³/mol. The number of benzene rings is 6. The van der Waals surface area contributed by atoms with Crippen LogP contribution in [0.2, 0.25) is 0 Å². The minimum absolute atomic E-state index is 0.175. The van der Waals surface area contributed by atoms with Gasteiger partial charge in [0.15, 0.2) is 17.5 Å². The van der Waals surface area contributed by atoms with Gasteiger partial charge in [-0.05, 0) is 70.5 Å². The van der Waals surface area contributed by atoms with Crippen molar-refractivity contribution in [2.24, 2.45) is 0 Å². The highest BCUT2D eigenvalue weighted by atomic mass is 16.3. The van der Waals surface area contributed by atoms with E-state index in [1.54, 1.807) is 0 Å². The molecule has 10 rings (SSSR count). The molecule has 4 nitrogen and oxygen atoms in total. The minimum Gasteiger partial charge on any atom is -0.456 e. The van der Waals surface area contributed by atoms with Crippen molar-refractivity contribution >= 4 is 21.9 Å². The van der Waals surface area contributed by atoms with Crippen LogP contribution in [0.25, 0.3) is 78.4 Å². The molecular formula is C45H33N3O. The zero-order valence-electron chi connectivity index (χ0n) is 27.1. The fraction of sp³-hybridized carbons (Fsp3) is 0.133. The van der Waals surface area contributed by atoms with E-state index in [2.05, 4.69) is 84.9 Å². The van der Waals surface area contributed by atoms with E-state index in [1.807, 2.05) is 54.6 Å². The maximum Gasteiger partial charge on any atom is 0.164 e. The number of para-hydroxylation sites is 1. The van der Waals surface area contributed by atoms with E-state index >= 15 is 0 Å². The van der Waals surface area contributed by atoms with Gasteiger partial charge in [-0.25, -0.2) is 15.0 Å². The minimum atomic E-state index is 0.175. The third-order valence-electron chi connectivity index (χ3n) is 10.8. The summed E-state index contributed by atoms with van der Waals surface area (Å²) >= 11 is 0. The van der Waals surface area contributed by atoms with Gasteiger partial charge < -0.3 is 4.42 Å². The molecule has 0 bridgehead atoms. The number of rotatable bonds is 4. The first-order chi connectivity index (χ1) is 24.2. The van der Waals surface area contributed by atoms with Gasteiger partial charge in [0.2, 0.25) is 0 Å². The van der Waals surface area contributed by atoms with Gasteiger partial charge in [-0.3, -0.25) is 0 Å². The molecule has 4 heteroatoms. The third-order valence-corrected chi connectivity index (χ3v) is 10.8. The van der Waals surface area contributed by atoms with Crippen molar-refractivity contribution < 1.29 is 4.42 Å². The highest BCUT2D eigenvalue weighted by Gasteiger charge is 2.43. The smallest absolute Gasteiger partial charge is 0.164 e. The van der Waals surface area contributed by atoms with E-state index in [1.165, 1.54) is 65.5 Å². The van der Waals surface area contributed by atoms with Gasteiger partial charge in [0.05, 0.1) is 0 Å². The van der Waals surface area contributed by atoms with Gasteiger partial charge in [-0.2, -0.15) is 0 Å². The molecule has 2 heterocycles.